The van der Waals surface area contributed by atoms with E-state index in [-0.39, 0.29) is 16.3 Å². The number of amides is 1. The van der Waals surface area contributed by atoms with Gasteiger partial charge in [-0.2, -0.15) is 0 Å². The van der Waals surface area contributed by atoms with E-state index in [1.54, 1.807) is 7.11 Å². The molecule has 0 saturated heterocycles. The second kappa shape index (κ2) is 6.44. The molecule has 0 radical (unpaired) electrons. The Morgan fingerprint density at radius 3 is 2.94 bits per heavy atom. The first-order valence-corrected chi connectivity index (χ1v) is 5.65. The predicted molar refractivity (Wildman–Crippen MR) is 64.0 cm³/mol. The molecule has 1 aromatic rings. The second-order valence-electron chi connectivity index (χ2n) is 3.20. The highest BCUT2D eigenvalue weighted by molar-refractivity contribution is 9.09. The number of carbonyl (C=O) groups excluding carboxylic acids is 1. The number of nitrogens with one attached hydrogen (secondary N) is 2. The molecule has 0 fully saturated rings. The third-order valence-corrected chi connectivity index (χ3v) is 2.47. The summed E-state index contributed by atoms with van der Waals surface area (Å²) < 4.78 is 4.91. The van der Waals surface area contributed by atoms with Crippen molar-refractivity contribution < 1.29 is 9.53 Å². The van der Waals surface area contributed by atoms with Gasteiger partial charge in [-0.3, -0.25) is 9.59 Å². The van der Waals surface area contributed by atoms with Crippen molar-refractivity contribution >= 4 is 21.8 Å². The molecule has 6 heteroatoms. The lowest BCUT2D eigenvalue weighted by atomic mass is 10.2. The van der Waals surface area contributed by atoms with Crippen molar-refractivity contribution in [2.45, 2.75) is 4.83 Å². The van der Waals surface area contributed by atoms with Crippen LogP contribution in [0.2, 0.25) is 0 Å². The molecule has 1 amide bonds. The molecule has 1 rings (SSSR count). The zero-order chi connectivity index (χ0) is 12.0. The first-order valence-electron chi connectivity index (χ1n) is 4.73. The lowest BCUT2D eigenvalue weighted by Gasteiger charge is -2.09. The van der Waals surface area contributed by atoms with Crippen molar-refractivity contribution in [2.75, 3.05) is 20.3 Å². The number of carbonyl (C=O) groups is 1. The summed E-state index contributed by atoms with van der Waals surface area (Å²) in [5.74, 6) is -0.225. The first kappa shape index (κ1) is 12.9. The van der Waals surface area contributed by atoms with Crippen LogP contribution in [0.25, 0.3) is 0 Å². The zero-order valence-electron chi connectivity index (χ0n) is 8.83. The molecule has 0 aliphatic heterocycles. The van der Waals surface area contributed by atoms with Crippen molar-refractivity contribution in [3.63, 3.8) is 0 Å². The average Bonchev–Trinajstić information content (AvgIpc) is 2.27. The van der Waals surface area contributed by atoms with Crippen molar-refractivity contribution in [2.24, 2.45) is 0 Å². The molecule has 0 bridgehead atoms. The van der Waals surface area contributed by atoms with Gasteiger partial charge >= 0.3 is 0 Å². The Balaban J connectivity index is 2.46. The van der Waals surface area contributed by atoms with Crippen molar-refractivity contribution in [1.29, 1.82) is 0 Å². The molecule has 2 N–H and O–H groups in total. The average molecular weight is 289 g/mol. The Bertz CT molecular complexity index is 385. The molecule has 0 saturated carbocycles. The van der Waals surface area contributed by atoms with Gasteiger partial charge in [0.15, 0.2) is 0 Å². The smallest absolute Gasteiger partial charge is 0.252 e. The second-order valence-corrected chi connectivity index (χ2v) is 4.50. The van der Waals surface area contributed by atoms with Crippen molar-refractivity contribution in [3.8, 4) is 0 Å². The van der Waals surface area contributed by atoms with Gasteiger partial charge in [0.25, 0.3) is 5.91 Å². The number of alkyl halides is 1. The molecule has 0 aliphatic carbocycles. The van der Waals surface area contributed by atoms with Crippen LogP contribution in [0.3, 0.4) is 0 Å². The van der Waals surface area contributed by atoms with E-state index in [0.717, 1.165) is 0 Å². The number of ether oxygens (including phenoxy) is 1. The summed E-state index contributed by atoms with van der Waals surface area (Å²) in [6.45, 7) is 0.984. The van der Waals surface area contributed by atoms with Gasteiger partial charge in [-0.1, -0.05) is 15.9 Å². The molecule has 0 spiro atoms. The minimum absolute atomic E-state index is 0.0733. The predicted octanol–water partition coefficient (Wildman–Crippen LogP) is 0.515. The summed E-state index contributed by atoms with van der Waals surface area (Å²) in [4.78, 5) is 24.9. The van der Waals surface area contributed by atoms with E-state index in [4.69, 9.17) is 4.74 Å². The summed E-state index contributed by atoms with van der Waals surface area (Å²) >= 11 is 3.35. The SMILES string of the molecule is COCC(Br)CNC(=O)c1ccc(=O)[nH]c1. The summed E-state index contributed by atoms with van der Waals surface area (Å²) in [6, 6.07) is 2.80. The van der Waals surface area contributed by atoms with Crippen LogP contribution in [0.5, 0.6) is 0 Å². The quantitative estimate of drug-likeness (QED) is 0.776. The van der Waals surface area contributed by atoms with Gasteiger partial charge in [0.2, 0.25) is 5.56 Å². The van der Waals surface area contributed by atoms with Crippen LogP contribution in [-0.4, -0.2) is 36.0 Å². The summed E-state index contributed by atoms with van der Waals surface area (Å²) in [7, 11) is 1.60. The number of rotatable bonds is 5. The van der Waals surface area contributed by atoms with E-state index in [9.17, 15) is 9.59 Å². The van der Waals surface area contributed by atoms with Gasteiger partial charge < -0.3 is 15.0 Å². The molecule has 1 atom stereocenters. The van der Waals surface area contributed by atoms with Gasteiger partial charge in [-0.15, -0.1) is 0 Å². The monoisotopic (exact) mass is 288 g/mol. The highest BCUT2D eigenvalue weighted by Gasteiger charge is 2.08. The Morgan fingerprint density at radius 1 is 1.62 bits per heavy atom. The van der Waals surface area contributed by atoms with Crippen LogP contribution >= 0.6 is 15.9 Å². The largest absolute Gasteiger partial charge is 0.383 e. The third-order valence-electron chi connectivity index (χ3n) is 1.88. The maximum Gasteiger partial charge on any atom is 0.252 e. The lowest BCUT2D eigenvalue weighted by Crippen LogP contribution is -2.31. The van der Waals surface area contributed by atoms with E-state index < -0.39 is 0 Å². The standard InChI is InChI=1S/C10H13BrN2O3/c1-16-6-8(11)5-13-10(15)7-2-3-9(14)12-4-7/h2-4,8H,5-6H2,1H3,(H,12,14)(H,13,15). The molecule has 5 nitrogen and oxygen atoms in total. The van der Waals surface area contributed by atoms with Crippen molar-refractivity contribution in [3.05, 3.63) is 34.2 Å². The van der Waals surface area contributed by atoms with Gasteiger partial charge in [-0.25, -0.2) is 0 Å². The lowest BCUT2D eigenvalue weighted by molar-refractivity contribution is 0.0949. The fourth-order valence-electron chi connectivity index (χ4n) is 1.10. The molecular weight excluding hydrogens is 276 g/mol. The number of halogens is 1. The maximum absolute atomic E-state index is 11.6. The van der Waals surface area contributed by atoms with E-state index in [1.807, 2.05) is 0 Å². The number of hydrogen-bond acceptors (Lipinski definition) is 3. The van der Waals surface area contributed by atoms with Crippen LogP contribution in [-0.2, 0) is 4.74 Å². The number of pyridine rings is 1. The highest BCUT2D eigenvalue weighted by Crippen LogP contribution is 1.99. The Hall–Kier alpha value is -1.14. The minimum atomic E-state index is -0.227. The fraction of sp³-hybridized carbons (Fsp3) is 0.400. The number of hydrogen-bond donors (Lipinski definition) is 2. The first-order chi connectivity index (χ1) is 7.63. The maximum atomic E-state index is 11.6. The molecule has 1 aromatic heterocycles. The molecular formula is C10H13BrN2O3. The number of H-pyrrole nitrogens is 1. The van der Waals surface area contributed by atoms with E-state index >= 15 is 0 Å². The number of aromatic amines is 1. The van der Waals surface area contributed by atoms with Gasteiger partial charge in [0, 0.05) is 25.9 Å². The van der Waals surface area contributed by atoms with Gasteiger partial charge in [0.1, 0.15) is 0 Å². The van der Waals surface area contributed by atoms with Crippen LogP contribution < -0.4 is 10.9 Å². The number of methoxy groups -OCH3 is 1. The molecule has 88 valence electrons. The molecule has 16 heavy (non-hydrogen) atoms. The summed E-state index contributed by atoms with van der Waals surface area (Å²) in [6.07, 6.45) is 1.39. The van der Waals surface area contributed by atoms with E-state index in [0.29, 0.717) is 18.7 Å². The Kier molecular flexibility index (Phi) is 5.21. The normalized spacial score (nSPS) is 12.1. The zero-order valence-corrected chi connectivity index (χ0v) is 10.4. The van der Waals surface area contributed by atoms with Gasteiger partial charge in [-0.05, 0) is 6.07 Å². The van der Waals surface area contributed by atoms with Crippen LogP contribution in [0.15, 0.2) is 23.1 Å². The van der Waals surface area contributed by atoms with Crippen molar-refractivity contribution in [1.82, 2.24) is 10.3 Å². The molecule has 1 unspecified atom stereocenters. The van der Waals surface area contributed by atoms with Crippen LogP contribution in [0, 0.1) is 0 Å². The summed E-state index contributed by atoms with van der Waals surface area (Å²) in [5, 5.41) is 2.72. The summed E-state index contributed by atoms with van der Waals surface area (Å²) in [5.41, 5.74) is 0.200. The number of aromatic nitrogens is 1. The van der Waals surface area contributed by atoms with Crippen LogP contribution in [0.4, 0.5) is 0 Å². The van der Waals surface area contributed by atoms with Gasteiger partial charge in [0.05, 0.1) is 17.0 Å². The third kappa shape index (κ3) is 4.16. The minimum Gasteiger partial charge on any atom is -0.383 e. The molecule has 0 aromatic carbocycles. The van der Waals surface area contributed by atoms with Crippen LogP contribution in [0.1, 0.15) is 10.4 Å². The molecule has 1 heterocycles. The highest BCUT2D eigenvalue weighted by atomic mass is 79.9. The Labute approximate surface area is 101 Å². The fourth-order valence-corrected chi connectivity index (χ4v) is 1.52. The molecule has 0 aliphatic rings. The topological polar surface area (TPSA) is 71.2 Å². The van der Waals surface area contributed by atoms with E-state index in [1.165, 1.54) is 18.3 Å². The van der Waals surface area contributed by atoms with E-state index in [2.05, 4.69) is 26.2 Å². The Morgan fingerprint density at radius 2 is 2.38 bits per heavy atom.